The van der Waals surface area contributed by atoms with Crippen LogP contribution in [0.2, 0.25) is 0 Å². The summed E-state index contributed by atoms with van der Waals surface area (Å²) in [4.78, 5) is 6.93. The van der Waals surface area contributed by atoms with E-state index in [4.69, 9.17) is 0 Å². The van der Waals surface area contributed by atoms with Crippen molar-refractivity contribution in [1.29, 1.82) is 0 Å². The third kappa shape index (κ3) is 3.49. The second-order valence-corrected chi connectivity index (χ2v) is 5.46. The minimum absolute atomic E-state index is 0.202. The summed E-state index contributed by atoms with van der Waals surface area (Å²) >= 11 is 0. The third-order valence-electron chi connectivity index (χ3n) is 4.17. The molecule has 1 aromatic heterocycles. The Morgan fingerprint density at radius 2 is 2.20 bits per heavy atom. The van der Waals surface area contributed by atoms with Crippen molar-refractivity contribution in [3.63, 3.8) is 0 Å². The van der Waals surface area contributed by atoms with Crippen molar-refractivity contribution in [2.45, 2.75) is 51.6 Å². The molecule has 0 spiro atoms. The fraction of sp³-hybridized carbons (Fsp3) is 0.688. The second kappa shape index (κ2) is 7.60. The van der Waals surface area contributed by atoms with Crippen LogP contribution in [0.25, 0.3) is 0 Å². The quantitative estimate of drug-likeness (QED) is 0.766. The van der Waals surface area contributed by atoms with Gasteiger partial charge < -0.3 is 15.3 Å². The van der Waals surface area contributed by atoms with E-state index in [1.807, 2.05) is 6.20 Å². The molecular formula is C16H27N3O. The van der Waals surface area contributed by atoms with E-state index in [2.05, 4.69) is 41.2 Å². The minimum Gasteiger partial charge on any atom is -0.395 e. The molecule has 1 aliphatic rings. The number of aromatic nitrogens is 1. The van der Waals surface area contributed by atoms with Gasteiger partial charge in [-0.25, -0.2) is 0 Å². The predicted molar refractivity (Wildman–Crippen MR) is 83.0 cm³/mol. The monoisotopic (exact) mass is 277 g/mol. The van der Waals surface area contributed by atoms with Gasteiger partial charge in [0.15, 0.2) is 0 Å². The lowest BCUT2D eigenvalue weighted by atomic mass is 9.91. The first-order valence-electron chi connectivity index (χ1n) is 7.87. The molecule has 1 atom stereocenters. The van der Waals surface area contributed by atoms with Gasteiger partial charge in [0, 0.05) is 18.6 Å². The molecular weight excluding hydrogens is 250 g/mol. The van der Waals surface area contributed by atoms with Gasteiger partial charge in [0.1, 0.15) is 0 Å². The number of rotatable bonds is 8. The first kappa shape index (κ1) is 15.3. The Kier molecular flexibility index (Phi) is 5.80. The Bertz CT molecular complexity index is 389. The predicted octanol–water partition coefficient (Wildman–Crippen LogP) is 2.49. The SMILES string of the molecule is CCNC(CC)c1ccc(N(CCO)C2CCC2)cn1. The van der Waals surface area contributed by atoms with Crippen LogP contribution in [0.1, 0.15) is 51.3 Å². The largest absolute Gasteiger partial charge is 0.395 e. The summed E-state index contributed by atoms with van der Waals surface area (Å²) in [6.07, 6.45) is 6.77. The molecule has 20 heavy (non-hydrogen) atoms. The van der Waals surface area contributed by atoms with E-state index in [0.29, 0.717) is 18.6 Å². The van der Waals surface area contributed by atoms with E-state index >= 15 is 0 Å². The van der Waals surface area contributed by atoms with Crippen molar-refractivity contribution in [1.82, 2.24) is 10.3 Å². The summed E-state index contributed by atoms with van der Waals surface area (Å²) in [5.41, 5.74) is 2.24. The first-order valence-corrected chi connectivity index (χ1v) is 7.87. The van der Waals surface area contributed by atoms with Crippen LogP contribution in [0, 0.1) is 0 Å². The maximum atomic E-state index is 9.25. The van der Waals surface area contributed by atoms with Crippen molar-refractivity contribution >= 4 is 5.69 Å². The van der Waals surface area contributed by atoms with Crippen molar-refractivity contribution in [3.8, 4) is 0 Å². The van der Waals surface area contributed by atoms with E-state index in [0.717, 1.165) is 24.3 Å². The molecule has 0 radical (unpaired) electrons. The normalized spacial score (nSPS) is 16.8. The summed E-state index contributed by atoms with van der Waals surface area (Å²) in [6.45, 7) is 6.16. The van der Waals surface area contributed by atoms with Crippen molar-refractivity contribution in [2.75, 3.05) is 24.6 Å². The third-order valence-corrected chi connectivity index (χ3v) is 4.17. The van der Waals surface area contributed by atoms with Crippen LogP contribution >= 0.6 is 0 Å². The lowest BCUT2D eigenvalue weighted by Crippen LogP contribution is -2.42. The molecule has 1 aliphatic carbocycles. The van der Waals surface area contributed by atoms with Gasteiger partial charge >= 0.3 is 0 Å². The number of nitrogens with one attached hydrogen (secondary N) is 1. The number of nitrogens with zero attached hydrogens (tertiary/aromatic N) is 2. The summed E-state index contributed by atoms with van der Waals surface area (Å²) in [5.74, 6) is 0. The molecule has 1 unspecified atom stereocenters. The summed E-state index contributed by atoms with van der Waals surface area (Å²) < 4.78 is 0. The molecule has 1 fully saturated rings. The molecule has 4 heteroatoms. The highest BCUT2D eigenvalue weighted by atomic mass is 16.3. The van der Waals surface area contributed by atoms with Gasteiger partial charge in [0.2, 0.25) is 0 Å². The van der Waals surface area contributed by atoms with Crippen LogP contribution in [-0.4, -0.2) is 35.8 Å². The van der Waals surface area contributed by atoms with Crippen molar-refractivity contribution in [3.05, 3.63) is 24.0 Å². The first-order chi connectivity index (χ1) is 9.80. The lowest BCUT2D eigenvalue weighted by molar-refractivity contribution is 0.283. The number of hydrogen-bond donors (Lipinski definition) is 2. The standard InChI is InChI=1S/C16H27N3O/c1-3-15(17-4-2)16-9-8-14(12-18-16)19(10-11-20)13-6-5-7-13/h8-9,12-13,15,17,20H,3-7,10-11H2,1-2H3. The number of hydrogen-bond acceptors (Lipinski definition) is 4. The fourth-order valence-corrected chi connectivity index (χ4v) is 2.81. The highest BCUT2D eigenvalue weighted by Crippen LogP contribution is 2.29. The van der Waals surface area contributed by atoms with Gasteiger partial charge in [0.25, 0.3) is 0 Å². The summed E-state index contributed by atoms with van der Waals surface area (Å²) in [5, 5.41) is 12.7. The number of pyridine rings is 1. The number of anilines is 1. The molecule has 0 amide bonds. The van der Waals surface area contributed by atoms with E-state index in [1.54, 1.807) is 0 Å². The van der Waals surface area contributed by atoms with E-state index in [-0.39, 0.29) is 6.61 Å². The van der Waals surface area contributed by atoms with Gasteiger partial charge in [0.05, 0.1) is 24.2 Å². The second-order valence-electron chi connectivity index (χ2n) is 5.46. The van der Waals surface area contributed by atoms with Gasteiger partial charge in [-0.1, -0.05) is 13.8 Å². The fourth-order valence-electron chi connectivity index (χ4n) is 2.81. The van der Waals surface area contributed by atoms with Crippen LogP contribution in [0.5, 0.6) is 0 Å². The van der Waals surface area contributed by atoms with Gasteiger partial charge in [-0.2, -0.15) is 0 Å². The van der Waals surface area contributed by atoms with E-state index < -0.39 is 0 Å². The summed E-state index contributed by atoms with van der Waals surface area (Å²) in [6, 6.07) is 5.19. The van der Waals surface area contributed by atoms with Gasteiger partial charge in [-0.05, 0) is 44.4 Å². The zero-order chi connectivity index (χ0) is 14.4. The molecule has 1 heterocycles. The van der Waals surface area contributed by atoms with Crippen LogP contribution in [-0.2, 0) is 0 Å². The number of aliphatic hydroxyl groups excluding tert-OH is 1. The molecule has 2 rings (SSSR count). The van der Waals surface area contributed by atoms with Crippen LogP contribution in [0.4, 0.5) is 5.69 Å². The Balaban J connectivity index is 2.08. The maximum Gasteiger partial charge on any atom is 0.0606 e. The molecule has 0 bridgehead atoms. The Hall–Kier alpha value is -1.13. The van der Waals surface area contributed by atoms with Gasteiger partial charge in [-0.3, -0.25) is 4.98 Å². The highest BCUT2D eigenvalue weighted by molar-refractivity contribution is 5.46. The van der Waals surface area contributed by atoms with E-state index in [1.165, 1.54) is 19.3 Å². The Labute approximate surface area is 122 Å². The molecule has 0 aromatic carbocycles. The van der Waals surface area contributed by atoms with Crippen LogP contribution in [0.3, 0.4) is 0 Å². The van der Waals surface area contributed by atoms with Crippen LogP contribution < -0.4 is 10.2 Å². The Morgan fingerprint density at radius 1 is 1.40 bits per heavy atom. The Morgan fingerprint density at radius 3 is 2.65 bits per heavy atom. The molecule has 2 N–H and O–H groups in total. The van der Waals surface area contributed by atoms with Crippen LogP contribution in [0.15, 0.2) is 18.3 Å². The summed E-state index contributed by atoms with van der Waals surface area (Å²) in [7, 11) is 0. The molecule has 1 saturated carbocycles. The molecule has 4 nitrogen and oxygen atoms in total. The highest BCUT2D eigenvalue weighted by Gasteiger charge is 2.25. The van der Waals surface area contributed by atoms with Crippen molar-refractivity contribution in [2.24, 2.45) is 0 Å². The molecule has 0 aliphatic heterocycles. The minimum atomic E-state index is 0.202. The van der Waals surface area contributed by atoms with E-state index in [9.17, 15) is 5.11 Å². The maximum absolute atomic E-state index is 9.25. The lowest BCUT2D eigenvalue weighted by Gasteiger charge is -2.38. The zero-order valence-corrected chi connectivity index (χ0v) is 12.7. The smallest absolute Gasteiger partial charge is 0.0606 e. The zero-order valence-electron chi connectivity index (χ0n) is 12.7. The topological polar surface area (TPSA) is 48.4 Å². The molecule has 112 valence electrons. The average molecular weight is 277 g/mol. The van der Waals surface area contributed by atoms with Crippen molar-refractivity contribution < 1.29 is 5.11 Å². The number of aliphatic hydroxyl groups is 1. The average Bonchev–Trinajstić information content (AvgIpc) is 2.43. The molecule has 0 saturated heterocycles. The molecule has 1 aromatic rings. The van der Waals surface area contributed by atoms with Gasteiger partial charge in [-0.15, -0.1) is 0 Å².